The topological polar surface area (TPSA) is 66.0 Å². The van der Waals surface area contributed by atoms with E-state index >= 15 is 0 Å². The highest BCUT2D eigenvalue weighted by Gasteiger charge is 2.16. The zero-order valence-electron chi connectivity index (χ0n) is 15.0. The highest BCUT2D eigenvalue weighted by Crippen LogP contribution is 2.30. The van der Waals surface area contributed by atoms with Gasteiger partial charge in [-0.1, -0.05) is 0 Å². The molecule has 0 saturated carbocycles. The van der Waals surface area contributed by atoms with Crippen molar-refractivity contribution in [3.8, 4) is 17.2 Å². The summed E-state index contributed by atoms with van der Waals surface area (Å²) in [4.78, 5) is 12.4. The summed E-state index contributed by atoms with van der Waals surface area (Å²) in [6.07, 6.45) is 2.29. The van der Waals surface area contributed by atoms with Gasteiger partial charge in [0.25, 0.3) is 5.91 Å². The Morgan fingerprint density at radius 3 is 2.54 bits per heavy atom. The first-order chi connectivity index (χ1) is 12.7. The predicted molar refractivity (Wildman–Crippen MR) is 98.4 cm³/mol. The Morgan fingerprint density at radius 2 is 1.88 bits per heavy atom. The van der Waals surface area contributed by atoms with Gasteiger partial charge >= 0.3 is 0 Å². The summed E-state index contributed by atoms with van der Waals surface area (Å²) in [5.41, 5.74) is 1.18. The molecule has 138 valence electrons. The maximum atomic E-state index is 12.4. The number of hydrogen-bond donors (Lipinski definition) is 1. The van der Waals surface area contributed by atoms with Gasteiger partial charge in [0.05, 0.1) is 20.3 Å². The molecule has 0 spiro atoms. The molecule has 3 rings (SSSR count). The minimum Gasteiger partial charge on any atom is -0.493 e. The van der Waals surface area contributed by atoms with Gasteiger partial charge in [0.1, 0.15) is 12.4 Å². The second kappa shape index (κ2) is 8.58. The van der Waals surface area contributed by atoms with E-state index in [1.165, 1.54) is 0 Å². The van der Waals surface area contributed by atoms with Gasteiger partial charge in [0.15, 0.2) is 11.5 Å². The molecule has 1 aliphatic heterocycles. The molecular formula is C20H23NO5. The van der Waals surface area contributed by atoms with Gasteiger partial charge in [0, 0.05) is 23.9 Å². The molecule has 0 radical (unpaired) electrons. The van der Waals surface area contributed by atoms with Crippen molar-refractivity contribution in [1.82, 2.24) is 0 Å². The van der Waals surface area contributed by atoms with Crippen LogP contribution >= 0.6 is 0 Å². The number of ether oxygens (including phenoxy) is 4. The van der Waals surface area contributed by atoms with Crippen molar-refractivity contribution >= 4 is 11.6 Å². The third-order valence-electron chi connectivity index (χ3n) is 4.22. The van der Waals surface area contributed by atoms with E-state index in [1.807, 2.05) is 0 Å². The number of anilines is 1. The number of rotatable bonds is 7. The van der Waals surface area contributed by atoms with Crippen molar-refractivity contribution in [1.29, 1.82) is 0 Å². The van der Waals surface area contributed by atoms with Crippen molar-refractivity contribution < 1.29 is 23.7 Å². The van der Waals surface area contributed by atoms with Crippen molar-refractivity contribution in [2.75, 3.05) is 32.8 Å². The Labute approximate surface area is 153 Å². The molecule has 1 aliphatic rings. The summed E-state index contributed by atoms with van der Waals surface area (Å²) >= 11 is 0. The summed E-state index contributed by atoms with van der Waals surface area (Å²) in [6.45, 7) is 1.35. The van der Waals surface area contributed by atoms with Gasteiger partial charge in [-0.3, -0.25) is 4.79 Å². The fourth-order valence-corrected chi connectivity index (χ4v) is 2.78. The molecule has 6 nitrogen and oxygen atoms in total. The lowest BCUT2D eigenvalue weighted by Gasteiger charge is -2.12. The summed E-state index contributed by atoms with van der Waals surface area (Å²) in [6, 6.07) is 12.3. The predicted octanol–water partition coefficient (Wildman–Crippen LogP) is 3.51. The van der Waals surface area contributed by atoms with Crippen LogP contribution in [0.1, 0.15) is 23.2 Å². The van der Waals surface area contributed by atoms with E-state index < -0.39 is 0 Å². The Morgan fingerprint density at radius 1 is 1.12 bits per heavy atom. The summed E-state index contributed by atoms with van der Waals surface area (Å²) in [5, 5.41) is 2.85. The Bertz CT molecular complexity index is 738. The number of hydrogen-bond acceptors (Lipinski definition) is 5. The third kappa shape index (κ3) is 4.46. The van der Waals surface area contributed by atoms with Crippen LogP contribution in [0.5, 0.6) is 17.2 Å². The van der Waals surface area contributed by atoms with E-state index in [4.69, 9.17) is 18.9 Å². The van der Waals surface area contributed by atoms with Gasteiger partial charge in [0.2, 0.25) is 0 Å². The molecule has 1 N–H and O–H groups in total. The van der Waals surface area contributed by atoms with E-state index in [2.05, 4.69) is 5.32 Å². The number of carbonyl (C=O) groups is 1. The fourth-order valence-electron chi connectivity index (χ4n) is 2.78. The largest absolute Gasteiger partial charge is 0.493 e. The van der Waals surface area contributed by atoms with Crippen molar-refractivity contribution in [3.05, 3.63) is 48.0 Å². The summed E-state index contributed by atoms with van der Waals surface area (Å²) in [5.74, 6) is 1.69. The van der Waals surface area contributed by atoms with E-state index in [-0.39, 0.29) is 12.0 Å². The third-order valence-corrected chi connectivity index (χ3v) is 4.22. The van der Waals surface area contributed by atoms with Crippen LogP contribution < -0.4 is 19.5 Å². The molecule has 1 saturated heterocycles. The SMILES string of the molecule is COc1ccc(NC(=O)c2ccc(OC[C@@H]3CCCO3)cc2)cc1OC. The van der Waals surface area contributed by atoms with Crippen molar-refractivity contribution in [3.63, 3.8) is 0 Å². The molecule has 1 atom stereocenters. The Balaban J connectivity index is 1.59. The Hall–Kier alpha value is -2.73. The molecule has 0 aromatic heterocycles. The first-order valence-electron chi connectivity index (χ1n) is 8.57. The standard InChI is InChI=1S/C20H23NO5/c1-23-18-10-7-15(12-19(18)24-2)21-20(22)14-5-8-16(9-6-14)26-13-17-4-3-11-25-17/h5-10,12,17H,3-4,11,13H2,1-2H3,(H,21,22)/t17-/m0/s1. The molecule has 1 heterocycles. The van der Waals surface area contributed by atoms with E-state index in [9.17, 15) is 4.79 Å². The number of amides is 1. The van der Waals surface area contributed by atoms with Crippen LogP contribution in [-0.2, 0) is 4.74 Å². The first kappa shape index (κ1) is 18.1. The van der Waals surface area contributed by atoms with Gasteiger partial charge in [-0.05, 0) is 49.2 Å². The fraction of sp³-hybridized carbons (Fsp3) is 0.350. The lowest BCUT2D eigenvalue weighted by Crippen LogP contribution is -2.16. The average molecular weight is 357 g/mol. The van der Waals surface area contributed by atoms with Gasteiger partial charge in [-0.2, -0.15) is 0 Å². The van der Waals surface area contributed by atoms with Gasteiger partial charge in [-0.25, -0.2) is 0 Å². The quantitative estimate of drug-likeness (QED) is 0.821. The molecule has 2 aromatic rings. The van der Waals surface area contributed by atoms with Crippen LogP contribution in [0.3, 0.4) is 0 Å². The van der Waals surface area contributed by atoms with E-state index in [0.717, 1.165) is 25.2 Å². The molecule has 0 unspecified atom stereocenters. The molecule has 1 amide bonds. The van der Waals surface area contributed by atoms with Gasteiger partial charge < -0.3 is 24.3 Å². The molecule has 26 heavy (non-hydrogen) atoms. The smallest absolute Gasteiger partial charge is 0.255 e. The second-order valence-corrected chi connectivity index (χ2v) is 5.99. The van der Waals surface area contributed by atoms with Crippen molar-refractivity contribution in [2.24, 2.45) is 0 Å². The second-order valence-electron chi connectivity index (χ2n) is 5.99. The highest BCUT2D eigenvalue weighted by molar-refractivity contribution is 6.04. The number of carbonyl (C=O) groups excluding carboxylic acids is 1. The van der Waals surface area contributed by atoms with Crippen molar-refractivity contribution in [2.45, 2.75) is 18.9 Å². The maximum Gasteiger partial charge on any atom is 0.255 e. The number of nitrogens with one attached hydrogen (secondary N) is 1. The van der Waals surface area contributed by atoms with Crippen LogP contribution in [0.15, 0.2) is 42.5 Å². The lowest BCUT2D eigenvalue weighted by atomic mass is 10.2. The van der Waals surface area contributed by atoms with Crippen LogP contribution in [0.2, 0.25) is 0 Å². The monoisotopic (exact) mass is 357 g/mol. The molecule has 0 aliphatic carbocycles. The maximum absolute atomic E-state index is 12.4. The molecule has 2 aromatic carbocycles. The average Bonchev–Trinajstić information content (AvgIpc) is 3.20. The van der Waals surface area contributed by atoms with E-state index in [1.54, 1.807) is 56.7 Å². The lowest BCUT2D eigenvalue weighted by molar-refractivity contribution is 0.0679. The van der Waals surface area contributed by atoms with Crippen LogP contribution in [0.4, 0.5) is 5.69 Å². The van der Waals surface area contributed by atoms with Crippen LogP contribution in [-0.4, -0.2) is 39.4 Å². The summed E-state index contributed by atoms with van der Waals surface area (Å²) in [7, 11) is 3.12. The molecule has 0 bridgehead atoms. The zero-order valence-corrected chi connectivity index (χ0v) is 15.0. The Kier molecular flexibility index (Phi) is 5.96. The summed E-state index contributed by atoms with van der Waals surface area (Å²) < 4.78 is 21.7. The van der Waals surface area contributed by atoms with Crippen LogP contribution in [0.25, 0.3) is 0 Å². The zero-order chi connectivity index (χ0) is 18.4. The van der Waals surface area contributed by atoms with Gasteiger partial charge in [-0.15, -0.1) is 0 Å². The molecule has 6 heteroatoms. The highest BCUT2D eigenvalue weighted by atomic mass is 16.5. The van der Waals surface area contributed by atoms with Crippen LogP contribution in [0, 0.1) is 0 Å². The minimum absolute atomic E-state index is 0.169. The minimum atomic E-state index is -0.206. The van der Waals surface area contributed by atoms with E-state index in [0.29, 0.717) is 29.4 Å². The first-order valence-corrected chi connectivity index (χ1v) is 8.57. The molecule has 1 fully saturated rings. The molecular weight excluding hydrogens is 334 g/mol. The number of methoxy groups -OCH3 is 2. The normalized spacial score (nSPS) is 16.2. The number of benzene rings is 2.